The summed E-state index contributed by atoms with van der Waals surface area (Å²) in [5.41, 5.74) is 0. The second kappa shape index (κ2) is 2.22. The van der Waals surface area contributed by atoms with Gasteiger partial charge in [0.25, 0.3) is 0 Å². The molecule has 0 N–H and O–H groups in total. The van der Waals surface area contributed by atoms with Crippen LogP contribution in [0.5, 0.6) is 0 Å². The van der Waals surface area contributed by atoms with Crippen molar-refractivity contribution in [1.29, 1.82) is 0 Å². The standard InChI is InChI=1S/C7H13Si/c1-2-7(8)5-3-4-6-7/h2-6H2,1H3. The van der Waals surface area contributed by atoms with Crippen molar-refractivity contribution in [1.82, 2.24) is 0 Å². The predicted molar refractivity (Wildman–Crippen MR) is 37.2 cm³/mol. The quantitative estimate of drug-likeness (QED) is 0.472. The Hall–Kier alpha value is 0.217. The average Bonchev–Trinajstić information content (AvgIpc) is 2.17. The summed E-state index contributed by atoms with van der Waals surface area (Å²) in [5, 5.41) is 0.542. The Kier molecular flexibility index (Phi) is 1.76. The monoisotopic (exact) mass is 125 g/mol. The molecule has 1 aliphatic rings. The second-order valence-electron chi connectivity index (χ2n) is 2.84. The lowest BCUT2D eigenvalue weighted by molar-refractivity contribution is 0.558. The molecule has 1 fully saturated rings. The summed E-state index contributed by atoms with van der Waals surface area (Å²) in [6.45, 7) is 2.26. The van der Waals surface area contributed by atoms with Crippen molar-refractivity contribution in [2.24, 2.45) is 0 Å². The number of hydrogen-bond acceptors (Lipinski definition) is 0. The molecule has 3 radical (unpaired) electrons. The highest BCUT2D eigenvalue weighted by atomic mass is 28.1. The van der Waals surface area contributed by atoms with E-state index in [2.05, 4.69) is 17.2 Å². The van der Waals surface area contributed by atoms with Crippen LogP contribution in [0.15, 0.2) is 0 Å². The Morgan fingerprint density at radius 1 is 1.38 bits per heavy atom. The molecule has 0 bridgehead atoms. The summed E-state index contributed by atoms with van der Waals surface area (Å²) in [6, 6.07) is 0. The lowest BCUT2D eigenvalue weighted by atomic mass is 10.0. The minimum absolute atomic E-state index is 0.542. The molecule has 0 heterocycles. The molecule has 8 heavy (non-hydrogen) atoms. The van der Waals surface area contributed by atoms with E-state index in [-0.39, 0.29) is 0 Å². The first-order valence-corrected chi connectivity index (χ1v) is 4.02. The molecule has 0 aromatic heterocycles. The lowest BCUT2D eigenvalue weighted by Gasteiger charge is -2.19. The molecule has 0 aliphatic heterocycles. The summed E-state index contributed by atoms with van der Waals surface area (Å²) >= 11 is 0. The highest BCUT2D eigenvalue weighted by Gasteiger charge is 2.25. The molecule has 45 valence electrons. The summed E-state index contributed by atoms with van der Waals surface area (Å²) in [6.07, 6.45) is 6.93. The summed E-state index contributed by atoms with van der Waals surface area (Å²) < 4.78 is 0. The molecule has 0 spiro atoms. The van der Waals surface area contributed by atoms with Gasteiger partial charge in [0.05, 0.1) is 0 Å². The molecule has 1 aliphatic carbocycles. The maximum Gasteiger partial charge on any atom is 0.0313 e. The molecular formula is C7H13Si. The fourth-order valence-electron chi connectivity index (χ4n) is 1.41. The zero-order valence-corrected chi connectivity index (χ0v) is 6.54. The Bertz CT molecular complexity index is 72.5. The molecule has 1 saturated carbocycles. The fourth-order valence-corrected chi connectivity index (χ4v) is 1.76. The van der Waals surface area contributed by atoms with Gasteiger partial charge >= 0.3 is 0 Å². The largest absolute Gasteiger partial charge is 0.0652 e. The minimum Gasteiger partial charge on any atom is -0.0652 e. The Labute approximate surface area is 55.1 Å². The van der Waals surface area contributed by atoms with E-state index in [4.69, 9.17) is 0 Å². The highest BCUT2D eigenvalue weighted by Crippen LogP contribution is 2.44. The molecule has 0 saturated heterocycles. The number of hydrogen-bond donors (Lipinski definition) is 0. The molecular weight excluding hydrogens is 112 g/mol. The van der Waals surface area contributed by atoms with E-state index in [9.17, 15) is 0 Å². The topological polar surface area (TPSA) is 0 Å². The first-order valence-electron chi connectivity index (χ1n) is 3.52. The molecule has 0 aromatic carbocycles. The van der Waals surface area contributed by atoms with E-state index in [1.165, 1.54) is 32.1 Å². The summed E-state index contributed by atoms with van der Waals surface area (Å²) in [4.78, 5) is 0. The molecule has 0 amide bonds. The third kappa shape index (κ3) is 1.13. The molecule has 1 rings (SSSR count). The van der Waals surface area contributed by atoms with Crippen LogP contribution < -0.4 is 0 Å². The van der Waals surface area contributed by atoms with Crippen molar-refractivity contribution in [3.05, 3.63) is 0 Å². The van der Waals surface area contributed by atoms with Gasteiger partial charge in [0.2, 0.25) is 0 Å². The first kappa shape index (κ1) is 6.34. The zero-order chi connectivity index (χ0) is 6.04. The highest BCUT2D eigenvalue weighted by molar-refractivity contribution is 6.15. The normalized spacial score (nSPS) is 26.2. The van der Waals surface area contributed by atoms with Gasteiger partial charge in [0, 0.05) is 10.2 Å². The second-order valence-corrected chi connectivity index (χ2v) is 3.90. The zero-order valence-electron chi connectivity index (χ0n) is 5.54. The van der Waals surface area contributed by atoms with E-state index >= 15 is 0 Å². The van der Waals surface area contributed by atoms with Crippen LogP contribution in [-0.4, -0.2) is 10.2 Å². The van der Waals surface area contributed by atoms with E-state index in [1.54, 1.807) is 0 Å². The van der Waals surface area contributed by atoms with Crippen LogP contribution in [0.2, 0.25) is 5.04 Å². The fraction of sp³-hybridized carbons (Fsp3) is 1.00. The smallest absolute Gasteiger partial charge is 0.0313 e. The SMILES string of the molecule is CCC1([Si])CCCC1. The van der Waals surface area contributed by atoms with Gasteiger partial charge in [-0.05, 0) is 5.04 Å². The van der Waals surface area contributed by atoms with Gasteiger partial charge in [0.1, 0.15) is 0 Å². The van der Waals surface area contributed by atoms with E-state index in [0.29, 0.717) is 5.04 Å². The van der Waals surface area contributed by atoms with Crippen LogP contribution in [0, 0.1) is 0 Å². The molecule has 0 unspecified atom stereocenters. The van der Waals surface area contributed by atoms with Crippen LogP contribution in [0.25, 0.3) is 0 Å². The molecule has 1 heteroatoms. The van der Waals surface area contributed by atoms with Crippen molar-refractivity contribution in [2.75, 3.05) is 0 Å². The summed E-state index contributed by atoms with van der Waals surface area (Å²) in [7, 11) is 3.79. The van der Waals surface area contributed by atoms with Gasteiger partial charge in [-0.3, -0.25) is 0 Å². The van der Waals surface area contributed by atoms with Gasteiger partial charge in [0.15, 0.2) is 0 Å². The molecule has 0 aromatic rings. The number of rotatable bonds is 1. The van der Waals surface area contributed by atoms with E-state index in [0.717, 1.165) is 0 Å². The predicted octanol–water partition coefficient (Wildman–Crippen LogP) is 2.30. The van der Waals surface area contributed by atoms with Crippen molar-refractivity contribution in [3.8, 4) is 0 Å². The van der Waals surface area contributed by atoms with Crippen molar-refractivity contribution < 1.29 is 0 Å². The van der Waals surface area contributed by atoms with Gasteiger partial charge in [-0.15, -0.1) is 0 Å². The minimum atomic E-state index is 0.542. The first-order chi connectivity index (χ1) is 3.77. The van der Waals surface area contributed by atoms with Crippen LogP contribution >= 0.6 is 0 Å². The Morgan fingerprint density at radius 3 is 2.12 bits per heavy atom. The third-order valence-electron chi connectivity index (χ3n) is 2.24. The lowest BCUT2D eigenvalue weighted by Crippen LogP contribution is -2.04. The van der Waals surface area contributed by atoms with Crippen LogP contribution in [0.1, 0.15) is 39.0 Å². The third-order valence-corrected chi connectivity index (χ3v) is 3.09. The van der Waals surface area contributed by atoms with Crippen LogP contribution in [0.4, 0.5) is 0 Å². The average molecular weight is 125 g/mol. The van der Waals surface area contributed by atoms with Crippen LogP contribution in [0.3, 0.4) is 0 Å². The van der Waals surface area contributed by atoms with Gasteiger partial charge < -0.3 is 0 Å². The molecule has 0 atom stereocenters. The maximum atomic E-state index is 3.79. The van der Waals surface area contributed by atoms with Crippen molar-refractivity contribution in [2.45, 2.75) is 44.1 Å². The van der Waals surface area contributed by atoms with Crippen molar-refractivity contribution >= 4 is 10.2 Å². The van der Waals surface area contributed by atoms with E-state index in [1.807, 2.05) is 0 Å². The van der Waals surface area contributed by atoms with Crippen molar-refractivity contribution in [3.63, 3.8) is 0 Å². The van der Waals surface area contributed by atoms with E-state index < -0.39 is 0 Å². The summed E-state index contributed by atoms with van der Waals surface area (Å²) in [5.74, 6) is 0. The Balaban J connectivity index is 2.40. The van der Waals surface area contributed by atoms with Gasteiger partial charge in [-0.25, -0.2) is 0 Å². The molecule has 0 nitrogen and oxygen atoms in total. The van der Waals surface area contributed by atoms with Gasteiger partial charge in [-0.2, -0.15) is 0 Å². The van der Waals surface area contributed by atoms with Gasteiger partial charge in [-0.1, -0.05) is 39.0 Å². The van der Waals surface area contributed by atoms with Crippen LogP contribution in [-0.2, 0) is 0 Å². The Morgan fingerprint density at radius 2 is 1.88 bits per heavy atom. The maximum absolute atomic E-state index is 3.79.